The molecule has 202 valence electrons. The van der Waals surface area contributed by atoms with Gasteiger partial charge in [-0.05, 0) is 73.1 Å². The Morgan fingerprint density at radius 1 is 1.00 bits per heavy atom. The predicted octanol–water partition coefficient (Wildman–Crippen LogP) is 5.29. The van der Waals surface area contributed by atoms with Crippen LogP contribution in [-0.4, -0.2) is 62.5 Å². The van der Waals surface area contributed by atoms with Crippen molar-refractivity contribution in [2.24, 2.45) is 0 Å². The van der Waals surface area contributed by atoms with Crippen molar-refractivity contribution in [3.05, 3.63) is 94.1 Å². The molecule has 0 atom stereocenters. The van der Waals surface area contributed by atoms with Crippen LogP contribution in [-0.2, 0) is 9.59 Å². The van der Waals surface area contributed by atoms with Crippen molar-refractivity contribution in [1.29, 1.82) is 0 Å². The van der Waals surface area contributed by atoms with E-state index in [2.05, 4.69) is 15.1 Å². The minimum Gasteiger partial charge on any atom is -0.369 e. The molecule has 0 aromatic heterocycles. The van der Waals surface area contributed by atoms with E-state index in [9.17, 15) is 14.0 Å². The summed E-state index contributed by atoms with van der Waals surface area (Å²) >= 11 is 7.53. The van der Waals surface area contributed by atoms with E-state index in [1.807, 2.05) is 60.7 Å². The predicted molar refractivity (Wildman–Crippen MR) is 157 cm³/mol. The van der Waals surface area contributed by atoms with Crippen LogP contribution in [0.25, 0.3) is 6.08 Å². The number of nitrogens with zero attached hydrogens (tertiary/aromatic N) is 3. The second-order valence-corrected chi connectivity index (χ2v) is 11.1. The van der Waals surface area contributed by atoms with Gasteiger partial charge in [0.2, 0.25) is 5.91 Å². The molecule has 0 radical (unpaired) electrons. The van der Waals surface area contributed by atoms with Crippen LogP contribution in [0, 0.1) is 5.82 Å². The summed E-state index contributed by atoms with van der Waals surface area (Å²) in [6.45, 7) is 5.00. The van der Waals surface area contributed by atoms with Gasteiger partial charge < -0.3 is 10.2 Å². The Morgan fingerprint density at radius 3 is 2.54 bits per heavy atom. The number of amides is 2. The van der Waals surface area contributed by atoms with Crippen molar-refractivity contribution in [3.63, 3.8) is 0 Å². The molecule has 2 aliphatic heterocycles. The van der Waals surface area contributed by atoms with E-state index in [1.54, 1.807) is 11.0 Å². The summed E-state index contributed by atoms with van der Waals surface area (Å²) in [5.74, 6) is -0.609. The average Bonchev–Trinajstić information content (AvgIpc) is 2.94. The number of hydrogen-bond donors (Lipinski definition) is 1. The molecule has 3 aromatic rings. The van der Waals surface area contributed by atoms with Gasteiger partial charge in [0.25, 0.3) is 5.91 Å². The highest BCUT2D eigenvalue weighted by molar-refractivity contribution is 8.04. The van der Waals surface area contributed by atoms with E-state index in [4.69, 9.17) is 11.6 Å². The van der Waals surface area contributed by atoms with Crippen molar-refractivity contribution in [2.45, 2.75) is 11.3 Å². The van der Waals surface area contributed by atoms with E-state index in [0.29, 0.717) is 16.5 Å². The van der Waals surface area contributed by atoms with Gasteiger partial charge >= 0.3 is 0 Å². The number of para-hydroxylation sites is 1. The molecule has 2 amide bonds. The molecule has 0 spiro atoms. The Morgan fingerprint density at radius 2 is 1.77 bits per heavy atom. The van der Waals surface area contributed by atoms with Gasteiger partial charge in [0.15, 0.2) is 0 Å². The molecule has 0 aliphatic carbocycles. The topological polar surface area (TPSA) is 55.9 Å². The molecule has 1 N–H and O–H groups in total. The minimum absolute atomic E-state index is 0.0420. The zero-order chi connectivity index (χ0) is 27.2. The maximum atomic E-state index is 13.4. The molecule has 1 saturated heterocycles. The van der Waals surface area contributed by atoms with Crippen molar-refractivity contribution >= 4 is 52.6 Å². The van der Waals surface area contributed by atoms with Gasteiger partial charge in [-0.15, -0.1) is 0 Å². The van der Waals surface area contributed by atoms with Crippen molar-refractivity contribution < 1.29 is 14.0 Å². The summed E-state index contributed by atoms with van der Waals surface area (Å²) in [7, 11) is 0. The smallest absolute Gasteiger partial charge is 0.265 e. The second kappa shape index (κ2) is 12.7. The summed E-state index contributed by atoms with van der Waals surface area (Å²) in [5.41, 5.74) is 2.62. The van der Waals surface area contributed by atoms with Crippen LogP contribution < -0.4 is 15.1 Å². The Labute approximate surface area is 237 Å². The lowest BCUT2D eigenvalue weighted by Gasteiger charge is -2.36. The highest BCUT2D eigenvalue weighted by atomic mass is 35.5. The standard InChI is InChI=1S/C30H30ClFN4O2S/c31-23-6-3-5-22(19-23)20-28-30(38)36(26-7-1-2-8-27(26)39-28)21-29(37)33-13-4-14-34-15-17-35(18-16-34)25-11-9-24(32)10-12-25/h1-3,5-12,19-20H,4,13-18,21H2,(H,33,37)/b28-20-. The molecule has 39 heavy (non-hydrogen) atoms. The number of carbonyl (C=O) groups excluding carboxylic acids is 2. The Kier molecular flexibility index (Phi) is 8.86. The molecule has 1 fully saturated rings. The Bertz CT molecular complexity index is 1360. The van der Waals surface area contributed by atoms with Crippen LogP contribution in [0.4, 0.5) is 15.8 Å². The normalized spacial score (nSPS) is 16.9. The number of fused-ring (bicyclic) bond motifs is 1. The van der Waals surface area contributed by atoms with Gasteiger partial charge in [-0.2, -0.15) is 0 Å². The van der Waals surface area contributed by atoms with Crippen LogP contribution in [0.2, 0.25) is 5.02 Å². The molecule has 9 heteroatoms. The lowest BCUT2D eigenvalue weighted by Crippen LogP contribution is -2.47. The number of thioether (sulfide) groups is 1. The van der Waals surface area contributed by atoms with Crippen molar-refractivity contribution in [1.82, 2.24) is 10.2 Å². The van der Waals surface area contributed by atoms with Crippen LogP contribution in [0.1, 0.15) is 12.0 Å². The first-order valence-corrected chi connectivity index (χ1v) is 14.2. The second-order valence-electron chi connectivity index (χ2n) is 9.53. The number of hydrogen-bond acceptors (Lipinski definition) is 5. The molecule has 2 aliphatic rings. The Hall–Kier alpha value is -3.33. The fraction of sp³-hybridized carbons (Fsp3) is 0.267. The molecule has 5 rings (SSSR count). The lowest BCUT2D eigenvalue weighted by molar-refractivity contribution is -0.122. The number of benzene rings is 3. The maximum absolute atomic E-state index is 13.4. The fourth-order valence-electron chi connectivity index (χ4n) is 4.78. The highest BCUT2D eigenvalue weighted by Crippen LogP contribution is 2.42. The maximum Gasteiger partial charge on any atom is 0.265 e. The molecular weight excluding hydrogens is 535 g/mol. The molecule has 0 bridgehead atoms. The third-order valence-electron chi connectivity index (χ3n) is 6.82. The lowest BCUT2D eigenvalue weighted by atomic mass is 10.2. The van der Waals surface area contributed by atoms with Crippen LogP contribution in [0.3, 0.4) is 0 Å². The molecule has 0 saturated carbocycles. The Balaban J connectivity index is 1.12. The summed E-state index contributed by atoms with van der Waals surface area (Å²) < 4.78 is 13.2. The molecule has 6 nitrogen and oxygen atoms in total. The zero-order valence-corrected chi connectivity index (χ0v) is 23.1. The first-order valence-electron chi connectivity index (χ1n) is 13.0. The number of halogens is 2. The summed E-state index contributed by atoms with van der Waals surface area (Å²) in [6.07, 6.45) is 2.64. The SMILES string of the molecule is O=C(CN1C(=O)/C(=C/c2cccc(Cl)c2)Sc2ccccc21)NCCCN1CCN(c2ccc(F)cc2)CC1. The van der Waals surface area contributed by atoms with Gasteiger partial charge in [0.1, 0.15) is 12.4 Å². The van der Waals surface area contributed by atoms with Gasteiger partial charge in [0.05, 0.1) is 10.6 Å². The number of piperazine rings is 1. The number of rotatable bonds is 8. The van der Waals surface area contributed by atoms with Crippen molar-refractivity contribution in [2.75, 3.05) is 55.6 Å². The third kappa shape index (κ3) is 7.01. The molecule has 2 heterocycles. The largest absolute Gasteiger partial charge is 0.369 e. The van der Waals surface area contributed by atoms with E-state index in [1.165, 1.54) is 23.9 Å². The van der Waals surface area contributed by atoms with E-state index in [-0.39, 0.29) is 24.2 Å². The summed E-state index contributed by atoms with van der Waals surface area (Å²) in [6, 6.07) is 21.6. The number of anilines is 2. The summed E-state index contributed by atoms with van der Waals surface area (Å²) in [4.78, 5) is 33.9. The van der Waals surface area contributed by atoms with E-state index >= 15 is 0 Å². The average molecular weight is 565 g/mol. The first-order chi connectivity index (χ1) is 19.0. The fourth-order valence-corrected chi connectivity index (χ4v) is 6.04. The molecule has 3 aromatic carbocycles. The number of carbonyl (C=O) groups is 2. The van der Waals surface area contributed by atoms with Crippen LogP contribution in [0.15, 0.2) is 82.6 Å². The molecule has 0 unspecified atom stereocenters. The monoisotopic (exact) mass is 564 g/mol. The van der Waals surface area contributed by atoms with Gasteiger partial charge in [-0.25, -0.2) is 4.39 Å². The van der Waals surface area contributed by atoms with E-state index in [0.717, 1.165) is 61.0 Å². The summed E-state index contributed by atoms with van der Waals surface area (Å²) in [5, 5.41) is 3.58. The van der Waals surface area contributed by atoms with Crippen LogP contribution in [0.5, 0.6) is 0 Å². The third-order valence-corrected chi connectivity index (χ3v) is 8.13. The zero-order valence-electron chi connectivity index (χ0n) is 21.5. The van der Waals surface area contributed by atoms with Gasteiger partial charge in [0, 0.05) is 48.3 Å². The number of nitrogens with one attached hydrogen (secondary N) is 1. The van der Waals surface area contributed by atoms with Gasteiger partial charge in [-0.1, -0.05) is 47.6 Å². The highest BCUT2D eigenvalue weighted by Gasteiger charge is 2.30. The van der Waals surface area contributed by atoms with Crippen LogP contribution >= 0.6 is 23.4 Å². The quantitative estimate of drug-likeness (QED) is 0.298. The van der Waals surface area contributed by atoms with Gasteiger partial charge in [-0.3, -0.25) is 19.4 Å². The minimum atomic E-state index is -0.221. The first kappa shape index (κ1) is 27.2. The molecular formula is C30H30ClFN4O2S. The van der Waals surface area contributed by atoms with Crippen molar-refractivity contribution in [3.8, 4) is 0 Å². The van der Waals surface area contributed by atoms with E-state index < -0.39 is 0 Å².